The fourth-order valence-corrected chi connectivity index (χ4v) is 0.758. The first-order valence-corrected chi connectivity index (χ1v) is 3.44. The molecule has 58 valence electrons. The molecule has 0 aromatic heterocycles. The highest BCUT2D eigenvalue weighted by Gasteiger charge is 2.03. The molecule has 0 aliphatic carbocycles. The van der Waals surface area contributed by atoms with Crippen LogP contribution in [0.2, 0.25) is 0 Å². The van der Waals surface area contributed by atoms with Crippen molar-refractivity contribution >= 4 is 18.8 Å². The molecule has 0 bridgehead atoms. The number of carbonyl (C=O) groups excluding carboxylic acids is 1. The highest BCUT2D eigenvalue weighted by molar-refractivity contribution is 7.77. The third-order valence-electron chi connectivity index (χ3n) is 1.15. The van der Waals surface area contributed by atoms with Crippen molar-refractivity contribution in [2.75, 3.05) is 0 Å². The summed E-state index contributed by atoms with van der Waals surface area (Å²) in [6, 6.07) is 8.66. The zero-order valence-electron chi connectivity index (χ0n) is 5.65. The van der Waals surface area contributed by atoms with E-state index in [-0.39, 0.29) is 0 Å². The van der Waals surface area contributed by atoms with Crippen molar-refractivity contribution in [3.05, 3.63) is 35.9 Å². The van der Waals surface area contributed by atoms with Gasteiger partial charge in [0.1, 0.15) is 0 Å². The Labute approximate surface area is 69.9 Å². The molecular weight excluding hydrogens is 162 g/mol. The Hall–Kier alpha value is -1.00. The summed E-state index contributed by atoms with van der Waals surface area (Å²) in [4.78, 5) is 17.3. The lowest BCUT2D eigenvalue weighted by Crippen LogP contribution is -2.10. The highest BCUT2D eigenvalue weighted by atomic mass is 32.1. The highest BCUT2D eigenvalue weighted by Crippen LogP contribution is 1.99. The minimum absolute atomic E-state index is 0.444. The first-order valence-electron chi connectivity index (χ1n) is 3.00. The summed E-state index contributed by atoms with van der Waals surface area (Å²) in [5.41, 5.74) is 0.494. The van der Waals surface area contributed by atoms with Gasteiger partial charge in [-0.2, -0.15) is 0 Å². The van der Waals surface area contributed by atoms with Gasteiger partial charge in [0.15, 0.2) is 0 Å². The van der Waals surface area contributed by atoms with E-state index < -0.39 is 5.97 Å². The maximum atomic E-state index is 10.9. The van der Waals surface area contributed by atoms with Crippen molar-refractivity contribution in [2.24, 2.45) is 0 Å². The molecule has 1 rings (SSSR count). The largest absolute Gasteiger partial charge is 0.357 e. The van der Waals surface area contributed by atoms with E-state index in [0.717, 1.165) is 0 Å². The molecule has 0 atom stereocenters. The van der Waals surface area contributed by atoms with E-state index in [2.05, 4.69) is 17.7 Å². The second-order valence-electron chi connectivity index (χ2n) is 1.85. The number of thiol groups is 1. The van der Waals surface area contributed by atoms with Gasteiger partial charge in [-0.05, 0) is 12.1 Å². The van der Waals surface area contributed by atoms with E-state index in [1.807, 2.05) is 11.0 Å². The molecule has 1 aromatic rings. The van der Waals surface area contributed by atoms with Gasteiger partial charge in [-0.1, -0.05) is 35.9 Å². The van der Waals surface area contributed by atoms with Crippen LogP contribution in [-0.2, 0) is 4.84 Å². The van der Waals surface area contributed by atoms with Crippen molar-refractivity contribution in [3.8, 4) is 0 Å². The molecule has 0 spiro atoms. The van der Waals surface area contributed by atoms with Crippen molar-refractivity contribution in [3.63, 3.8) is 0 Å². The Morgan fingerprint density at radius 1 is 1.36 bits per heavy atom. The average Bonchev–Trinajstić information content (AvgIpc) is 2.07. The first-order chi connectivity index (χ1) is 5.34. The number of hydrogen-bond donors (Lipinski definition) is 2. The summed E-state index contributed by atoms with van der Waals surface area (Å²) in [6.07, 6.45) is 0. The lowest BCUT2D eigenvalue weighted by molar-refractivity contribution is 0.0429. The number of rotatable bonds is 2. The SMILES string of the molecule is O=C(ONS)c1ccccc1. The zero-order chi connectivity index (χ0) is 8.10. The normalized spacial score (nSPS) is 9.18. The first kappa shape index (κ1) is 8.10. The Balaban J connectivity index is 2.69. The second kappa shape index (κ2) is 4.00. The van der Waals surface area contributed by atoms with Crippen LogP contribution in [0.1, 0.15) is 10.4 Å². The quantitative estimate of drug-likeness (QED) is 0.516. The van der Waals surface area contributed by atoms with Crippen molar-refractivity contribution in [2.45, 2.75) is 0 Å². The van der Waals surface area contributed by atoms with Crippen LogP contribution in [-0.4, -0.2) is 5.97 Å². The molecular formula is C7H7NO2S. The standard InChI is InChI=1S/C7H7NO2S/c9-7(10-8-11)6-4-2-1-3-5-6/h1-5,8,11H. The van der Waals surface area contributed by atoms with Gasteiger partial charge in [0.05, 0.1) is 5.56 Å². The van der Waals surface area contributed by atoms with Gasteiger partial charge in [0.25, 0.3) is 0 Å². The molecule has 0 unspecified atom stereocenters. The van der Waals surface area contributed by atoms with Crippen LogP contribution in [0.4, 0.5) is 0 Å². The van der Waals surface area contributed by atoms with Crippen LogP contribution in [0.3, 0.4) is 0 Å². The third-order valence-corrected chi connectivity index (χ3v) is 1.24. The molecule has 0 amide bonds. The molecule has 4 heteroatoms. The predicted octanol–water partition coefficient (Wildman–Crippen LogP) is 1.19. The van der Waals surface area contributed by atoms with Crippen LogP contribution in [0.5, 0.6) is 0 Å². The predicted molar refractivity (Wildman–Crippen MR) is 44.0 cm³/mol. The van der Waals surface area contributed by atoms with E-state index in [1.165, 1.54) is 0 Å². The summed E-state index contributed by atoms with van der Waals surface area (Å²) in [5.74, 6) is -0.444. The molecule has 0 saturated carbocycles. The minimum atomic E-state index is -0.444. The summed E-state index contributed by atoms with van der Waals surface area (Å²) < 4.78 is 0. The summed E-state index contributed by atoms with van der Waals surface area (Å²) in [7, 11) is 0. The van der Waals surface area contributed by atoms with E-state index in [9.17, 15) is 4.79 Å². The fourth-order valence-electron chi connectivity index (χ4n) is 0.675. The van der Waals surface area contributed by atoms with Crippen molar-refractivity contribution in [1.82, 2.24) is 4.89 Å². The molecule has 0 fully saturated rings. The summed E-state index contributed by atoms with van der Waals surface area (Å²) >= 11 is 3.52. The molecule has 0 aliphatic heterocycles. The van der Waals surface area contributed by atoms with E-state index in [0.29, 0.717) is 5.56 Å². The molecule has 3 nitrogen and oxygen atoms in total. The van der Waals surface area contributed by atoms with Gasteiger partial charge in [0.2, 0.25) is 0 Å². The smallest absolute Gasteiger partial charge is 0.356 e. The zero-order valence-corrected chi connectivity index (χ0v) is 6.54. The maximum Gasteiger partial charge on any atom is 0.357 e. The van der Waals surface area contributed by atoms with Crippen LogP contribution < -0.4 is 4.89 Å². The topological polar surface area (TPSA) is 38.3 Å². The minimum Gasteiger partial charge on any atom is -0.356 e. The summed E-state index contributed by atoms with van der Waals surface area (Å²) in [6.45, 7) is 0. The van der Waals surface area contributed by atoms with Crippen LogP contribution >= 0.6 is 12.8 Å². The van der Waals surface area contributed by atoms with Crippen molar-refractivity contribution < 1.29 is 9.63 Å². The van der Waals surface area contributed by atoms with E-state index in [4.69, 9.17) is 0 Å². The molecule has 1 N–H and O–H groups in total. The molecule has 0 saturated heterocycles. The van der Waals surface area contributed by atoms with Gasteiger partial charge in [-0.25, -0.2) is 4.79 Å². The Morgan fingerprint density at radius 2 is 2.00 bits per heavy atom. The molecule has 0 heterocycles. The Bertz CT molecular complexity index is 237. The van der Waals surface area contributed by atoms with Gasteiger partial charge in [-0.15, -0.1) is 0 Å². The van der Waals surface area contributed by atoms with Crippen molar-refractivity contribution in [1.29, 1.82) is 0 Å². The van der Waals surface area contributed by atoms with Crippen LogP contribution in [0.25, 0.3) is 0 Å². The monoisotopic (exact) mass is 169 g/mol. The van der Waals surface area contributed by atoms with Crippen LogP contribution in [0, 0.1) is 0 Å². The van der Waals surface area contributed by atoms with Gasteiger partial charge in [-0.3, -0.25) is 0 Å². The van der Waals surface area contributed by atoms with E-state index in [1.54, 1.807) is 24.3 Å². The maximum absolute atomic E-state index is 10.9. The Kier molecular flexibility index (Phi) is 2.95. The van der Waals surface area contributed by atoms with Gasteiger partial charge >= 0.3 is 5.97 Å². The van der Waals surface area contributed by atoms with E-state index >= 15 is 0 Å². The van der Waals surface area contributed by atoms with Gasteiger partial charge < -0.3 is 4.84 Å². The number of hydrogen-bond acceptors (Lipinski definition) is 4. The third kappa shape index (κ3) is 2.25. The molecule has 11 heavy (non-hydrogen) atoms. The number of nitrogens with one attached hydrogen (secondary N) is 1. The lowest BCUT2D eigenvalue weighted by Gasteiger charge is -1.98. The summed E-state index contributed by atoms with van der Waals surface area (Å²) in [5, 5.41) is 0. The number of benzene rings is 1. The average molecular weight is 169 g/mol. The molecule has 1 aromatic carbocycles. The lowest BCUT2D eigenvalue weighted by atomic mass is 10.2. The van der Waals surface area contributed by atoms with Crippen LogP contribution in [0.15, 0.2) is 30.3 Å². The number of carbonyl (C=O) groups is 1. The molecule has 0 aliphatic rings. The Morgan fingerprint density at radius 3 is 2.55 bits per heavy atom. The van der Waals surface area contributed by atoms with Gasteiger partial charge in [0, 0.05) is 0 Å². The molecule has 0 radical (unpaired) electrons. The fraction of sp³-hybridized carbons (Fsp3) is 0. The second-order valence-corrected chi connectivity index (χ2v) is 2.03.